The number of hydrogen-bond donors (Lipinski definition) is 1. The maximum atomic E-state index is 12.5. The molecule has 126 valence electrons. The van der Waals surface area contributed by atoms with E-state index in [9.17, 15) is 4.79 Å². The van der Waals surface area contributed by atoms with Gasteiger partial charge in [0.25, 0.3) is 0 Å². The monoisotopic (exact) mass is 325 g/mol. The summed E-state index contributed by atoms with van der Waals surface area (Å²) in [5.74, 6) is 0.827. The summed E-state index contributed by atoms with van der Waals surface area (Å²) in [6.45, 7) is 1.03. The minimum absolute atomic E-state index is 0.0421. The van der Waals surface area contributed by atoms with Crippen LogP contribution < -0.4 is 5.32 Å². The Morgan fingerprint density at radius 2 is 2.08 bits per heavy atom. The molecular weight excluding hydrogens is 302 g/mol. The summed E-state index contributed by atoms with van der Waals surface area (Å²) in [5.41, 5.74) is 2.06. The molecule has 0 bridgehead atoms. The largest absolute Gasteiger partial charge is 0.445 e. The van der Waals surface area contributed by atoms with E-state index in [1.807, 2.05) is 60.6 Å². The van der Waals surface area contributed by atoms with Gasteiger partial charge in [0.1, 0.15) is 12.4 Å². The van der Waals surface area contributed by atoms with E-state index in [0.29, 0.717) is 6.61 Å². The zero-order chi connectivity index (χ0) is 16.8. The lowest BCUT2D eigenvalue weighted by Crippen LogP contribution is -2.38. The summed E-state index contributed by atoms with van der Waals surface area (Å²) in [4.78, 5) is 18.8. The first-order chi connectivity index (χ1) is 11.8. The molecule has 24 heavy (non-hydrogen) atoms. The van der Waals surface area contributed by atoms with E-state index in [2.05, 4.69) is 10.3 Å². The summed E-state index contributed by atoms with van der Waals surface area (Å²) in [6.07, 6.45) is 4.67. The molecule has 2 heterocycles. The molecule has 0 saturated carbocycles. The number of piperidine rings is 1. The van der Waals surface area contributed by atoms with E-state index < -0.39 is 0 Å². The van der Waals surface area contributed by atoms with Crippen molar-refractivity contribution in [2.75, 3.05) is 18.9 Å². The van der Waals surface area contributed by atoms with Crippen molar-refractivity contribution in [3.8, 4) is 0 Å². The van der Waals surface area contributed by atoms with Gasteiger partial charge >= 0.3 is 6.09 Å². The van der Waals surface area contributed by atoms with Gasteiger partial charge in [0.2, 0.25) is 0 Å². The average Bonchev–Trinajstić information content (AvgIpc) is 2.67. The van der Waals surface area contributed by atoms with Crippen molar-refractivity contribution in [1.29, 1.82) is 0 Å². The third kappa shape index (κ3) is 3.85. The summed E-state index contributed by atoms with van der Waals surface area (Å²) in [5, 5.41) is 3.01. The van der Waals surface area contributed by atoms with Crippen LogP contribution in [0.1, 0.15) is 36.4 Å². The molecule has 1 aromatic heterocycles. The van der Waals surface area contributed by atoms with Crippen molar-refractivity contribution >= 4 is 11.9 Å². The van der Waals surface area contributed by atoms with Crippen molar-refractivity contribution < 1.29 is 9.53 Å². The molecule has 0 radical (unpaired) electrons. The van der Waals surface area contributed by atoms with Crippen molar-refractivity contribution in [3.63, 3.8) is 0 Å². The van der Waals surface area contributed by atoms with Crippen molar-refractivity contribution in [2.24, 2.45) is 0 Å². The molecule has 1 fully saturated rings. The second-order valence-electron chi connectivity index (χ2n) is 5.97. The van der Waals surface area contributed by atoms with Crippen LogP contribution in [0.15, 0.2) is 48.7 Å². The topological polar surface area (TPSA) is 54.5 Å². The third-order valence-electron chi connectivity index (χ3n) is 4.37. The summed E-state index contributed by atoms with van der Waals surface area (Å²) in [7, 11) is 1.84. The first-order valence-electron chi connectivity index (χ1n) is 8.39. The zero-order valence-corrected chi connectivity index (χ0v) is 13.9. The van der Waals surface area contributed by atoms with Gasteiger partial charge in [-0.05, 0) is 36.5 Å². The number of pyridine rings is 1. The molecule has 5 nitrogen and oxygen atoms in total. The maximum absolute atomic E-state index is 12.5. The summed E-state index contributed by atoms with van der Waals surface area (Å²) in [6, 6.07) is 13.8. The number of carbonyl (C=O) groups is 1. The standard InChI is InChI=1S/C19H23N3O2/c1-20-18-11-10-16(13-21-18)17-9-5-6-12-22(17)19(23)24-14-15-7-3-2-4-8-15/h2-4,7-8,10-11,13,17H,5-6,9,12,14H2,1H3,(H,20,21). The van der Waals surface area contributed by atoms with E-state index in [0.717, 1.165) is 42.8 Å². The fourth-order valence-electron chi connectivity index (χ4n) is 3.05. The van der Waals surface area contributed by atoms with E-state index in [4.69, 9.17) is 4.74 Å². The van der Waals surface area contributed by atoms with Crippen molar-refractivity contribution in [2.45, 2.75) is 31.9 Å². The van der Waals surface area contributed by atoms with E-state index >= 15 is 0 Å². The van der Waals surface area contributed by atoms with Crippen molar-refractivity contribution in [3.05, 3.63) is 59.8 Å². The highest BCUT2D eigenvalue weighted by atomic mass is 16.6. The highest BCUT2D eigenvalue weighted by Gasteiger charge is 2.29. The Balaban J connectivity index is 1.67. The van der Waals surface area contributed by atoms with E-state index in [-0.39, 0.29) is 12.1 Å². The van der Waals surface area contributed by atoms with Crippen molar-refractivity contribution in [1.82, 2.24) is 9.88 Å². The average molecular weight is 325 g/mol. The van der Waals surface area contributed by atoms with Gasteiger partial charge < -0.3 is 15.0 Å². The number of nitrogens with zero attached hydrogens (tertiary/aromatic N) is 2. The van der Waals surface area contributed by atoms with Gasteiger partial charge in [-0.25, -0.2) is 9.78 Å². The lowest BCUT2D eigenvalue weighted by atomic mass is 9.97. The number of aromatic nitrogens is 1. The molecule has 1 unspecified atom stereocenters. The second-order valence-corrected chi connectivity index (χ2v) is 5.97. The fraction of sp³-hybridized carbons (Fsp3) is 0.368. The molecule has 1 atom stereocenters. The van der Waals surface area contributed by atoms with Gasteiger partial charge in [-0.3, -0.25) is 0 Å². The van der Waals surface area contributed by atoms with Crippen LogP contribution in [-0.2, 0) is 11.3 Å². The number of carbonyl (C=O) groups excluding carboxylic acids is 1. The molecule has 1 aromatic carbocycles. The third-order valence-corrected chi connectivity index (χ3v) is 4.37. The van der Waals surface area contributed by atoms with Crippen LogP contribution in [-0.4, -0.2) is 29.6 Å². The Morgan fingerprint density at radius 3 is 2.79 bits per heavy atom. The molecular formula is C19H23N3O2. The minimum Gasteiger partial charge on any atom is -0.445 e. The number of anilines is 1. The number of hydrogen-bond acceptors (Lipinski definition) is 4. The molecule has 0 spiro atoms. The smallest absolute Gasteiger partial charge is 0.410 e. The zero-order valence-electron chi connectivity index (χ0n) is 13.9. The molecule has 1 amide bonds. The minimum atomic E-state index is -0.249. The molecule has 1 saturated heterocycles. The van der Waals surface area contributed by atoms with Gasteiger partial charge in [0, 0.05) is 19.8 Å². The van der Waals surface area contributed by atoms with Crippen LogP contribution in [0.4, 0.5) is 10.6 Å². The second kappa shape index (κ2) is 7.81. The van der Waals surface area contributed by atoms with E-state index in [1.54, 1.807) is 0 Å². The predicted octanol–water partition coefficient (Wildman–Crippen LogP) is 3.99. The van der Waals surface area contributed by atoms with Crippen LogP contribution in [0.2, 0.25) is 0 Å². The Labute approximate surface area is 142 Å². The van der Waals surface area contributed by atoms with Gasteiger partial charge in [0.05, 0.1) is 6.04 Å². The summed E-state index contributed by atoms with van der Waals surface area (Å²) >= 11 is 0. The molecule has 1 N–H and O–H groups in total. The number of rotatable bonds is 4. The number of ether oxygens (including phenoxy) is 1. The van der Waals surface area contributed by atoms with Crippen LogP contribution in [0.5, 0.6) is 0 Å². The molecule has 0 aliphatic carbocycles. The van der Waals surface area contributed by atoms with Gasteiger partial charge in [-0.2, -0.15) is 0 Å². The van der Waals surface area contributed by atoms with Gasteiger partial charge in [-0.15, -0.1) is 0 Å². The van der Waals surface area contributed by atoms with E-state index in [1.165, 1.54) is 0 Å². The normalized spacial score (nSPS) is 17.4. The molecule has 2 aromatic rings. The fourth-order valence-corrected chi connectivity index (χ4v) is 3.05. The Morgan fingerprint density at radius 1 is 1.25 bits per heavy atom. The molecule has 1 aliphatic heterocycles. The SMILES string of the molecule is CNc1ccc(C2CCCCN2C(=O)OCc2ccccc2)cn1. The highest BCUT2D eigenvalue weighted by Crippen LogP contribution is 2.31. The number of likely N-dealkylation sites (tertiary alicyclic amines) is 1. The van der Waals surface area contributed by atoms with Gasteiger partial charge in [0.15, 0.2) is 0 Å². The molecule has 3 rings (SSSR count). The predicted molar refractivity (Wildman–Crippen MR) is 93.7 cm³/mol. The van der Waals surface area contributed by atoms with Crippen LogP contribution in [0.3, 0.4) is 0 Å². The van der Waals surface area contributed by atoms with Gasteiger partial charge in [-0.1, -0.05) is 36.4 Å². The van der Waals surface area contributed by atoms with Crippen LogP contribution >= 0.6 is 0 Å². The number of amides is 1. The van der Waals surface area contributed by atoms with Crippen LogP contribution in [0.25, 0.3) is 0 Å². The highest BCUT2D eigenvalue weighted by molar-refractivity contribution is 5.68. The summed E-state index contributed by atoms with van der Waals surface area (Å²) < 4.78 is 5.52. The molecule has 5 heteroatoms. The lowest BCUT2D eigenvalue weighted by Gasteiger charge is -2.35. The Bertz CT molecular complexity index is 658. The Kier molecular flexibility index (Phi) is 5.31. The quantitative estimate of drug-likeness (QED) is 0.923. The Hall–Kier alpha value is -2.56. The lowest BCUT2D eigenvalue weighted by molar-refractivity contribution is 0.0678. The van der Waals surface area contributed by atoms with Crippen LogP contribution in [0, 0.1) is 0 Å². The number of nitrogens with one attached hydrogen (secondary N) is 1. The maximum Gasteiger partial charge on any atom is 0.410 e. The number of benzene rings is 1. The first-order valence-corrected chi connectivity index (χ1v) is 8.39. The first kappa shape index (κ1) is 16.3. The molecule has 1 aliphatic rings.